The molecule has 0 spiro atoms. The highest BCUT2D eigenvalue weighted by Gasteiger charge is 1.99. The average Bonchev–Trinajstić information content (AvgIpc) is 2.25. The molecule has 1 nitrogen and oxygen atoms in total. The Morgan fingerprint density at radius 1 is 0.938 bits per heavy atom. The molecule has 2 heteroatoms. The minimum atomic E-state index is 0. The van der Waals surface area contributed by atoms with E-state index in [0.717, 1.165) is 12.0 Å². The number of aryl methyl sites for hydroxylation is 1. The van der Waals surface area contributed by atoms with Gasteiger partial charge in [-0.15, -0.1) is 0 Å². The summed E-state index contributed by atoms with van der Waals surface area (Å²) in [5, 5.41) is 9.41. The van der Waals surface area contributed by atoms with Crippen molar-refractivity contribution in [2.75, 3.05) is 0 Å². The lowest BCUT2D eigenvalue weighted by atomic mass is 10.0. The zero-order valence-corrected chi connectivity index (χ0v) is 9.35. The predicted octanol–water partition coefficient (Wildman–Crippen LogP) is 2.91. The molecule has 16 heavy (non-hydrogen) atoms. The first-order chi connectivity index (χ1) is 7.25. The van der Waals surface area contributed by atoms with Crippen molar-refractivity contribution in [2.45, 2.75) is 13.3 Å². The number of rotatable bonds is 2. The molecule has 2 aromatic carbocycles. The van der Waals surface area contributed by atoms with Gasteiger partial charge in [-0.2, -0.15) is 0 Å². The molecule has 0 aliphatic heterocycles. The maximum absolute atomic E-state index is 9.41. The van der Waals surface area contributed by atoms with Gasteiger partial charge < -0.3 is 5.11 Å². The minimum Gasteiger partial charge on any atom is -0.508 e. The van der Waals surface area contributed by atoms with Gasteiger partial charge in [-0.3, -0.25) is 0 Å². The van der Waals surface area contributed by atoms with Crippen LogP contribution in [0.25, 0.3) is 0 Å². The molecular formula is C14H14BO. The third kappa shape index (κ3) is 2.90. The van der Waals surface area contributed by atoms with Crippen molar-refractivity contribution in [2.24, 2.45) is 0 Å². The van der Waals surface area contributed by atoms with Gasteiger partial charge in [0.2, 0.25) is 0 Å². The van der Waals surface area contributed by atoms with Crippen LogP contribution in [0, 0.1) is 6.92 Å². The third-order valence-electron chi connectivity index (χ3n) is 2.51. The second kappa shape index (κ2) is 5.41. The van der Waals surface area contributed by atoms with E-state index in [1.54, 1.807) is 6.07 Å². The van der Waals surface area contributed by atoms with E-state index >= 15 is 0 Å². The standard InChI is InChI=1S/C14H14O.B/c1-11-9-13(7-8-14(11)15)10-12-5-3-2-4-6-12;/h2-9,15H,10H2,1H3;. The second-order valence-electron chi connectivity index (χ2n) is 3.78. The van der Waals surface area contributed by atoms with Crippen LogP contribution in [0.5, 0.6) is 5.75 Å². The smallest absolute Gasteiger partial charge is 0.118 e. The Bertz CT molecular complexity index is 452. The number of phenols is 1. The topological polar surface area (TPSA) is 20.2 Å². The van der Waals surface area contributed by atoms with Crippen LogP contribution in [0.4, 0.5) is 0 Å². The van der Waals surface area contributed by atoms with Crippen LogP contribution >= 0.6 is 0 Å². The summed E-state index contributed by atoms with van der Waals surface area (Å²) < 4.78 is 0. The Morgan fingerprint density at radius 3 is 2.25 bits per heavy atom. The first-order valence-electron chi connectivity index (χ1n) is 5.08. The molecule has 0 fully saturated rings. The summed E-state index contributed by atoms with van der Waals surface area (Å²) in [6.07, 6.45) is 0.919. The summed E-state index contributed by atoms with van der Waals surface area (Å²) in [6.45, 7) is 1.92. The maximum Gasteiger partial charge on any atom is 0.118 e. The van der Waals surface area contributed by atoms with E-state index in [-0.39, 0.29) is 8.41 Å². The summed E-state index contributed by atoms with van der Waals surface area (Å²) in [5.74, 6) is 0.367. The number of benzene rings is 2. The van der Waals surface area contributed by atoms with Gasteiger partial charge in [0, 0.05) is 8.41 Å². The average molecular weight is 209 g/mol. The molecular weight excluding hydrogens is 195 g/mol. The van der Waals surface area contributed by atoms with Gasteiger partial charge in [0.1, 0.15) is 5.75 Å². The number of hydrogen-bond donors (Lipinski definition) is 1. The van der Waals surface area contributed by atoms with Crippen LogP contribution in [0.1, 0.15) is 16.7 Å². The lowest BCUT2D eigenvalue weighted by molar-refractivity contribution is 0.471. The number of hydrogen-bond acceptors (Lipinski definition) is 1. The van der Waals surface area contributed by atoms with Crippen LogP contribution in [0.3, 0.4) is 0 Å². The molecule has 1 N–H and O–H groups in total. The first kappa shape index (κ1) is 12.4. The molecule has 3 radical (unpaired) electrons. The summed E-state index contributed by atoms with van der Waals surface area (Å²) in [6, 6.07) is 16.1. The van der Waals surface area contributed by atoms with Gasteiger partial charge >= 0.3 is 0 Å². The first-order valence-corrected chi connectivity index (χ1v) is 5.08. The van der Waals surface area contributed by atoms with Crippen molar-refractivity contribution in [3.8, 4) is 5.75 Å². The van der Waals surface area contributed by atoms with Crippen molar-refractivity contribution in [3.05, 3.63) is 65.2 Å². The predicted molar refractivity (Wildman–Crippen MR) is 67.8 cm³/mol. The Kier molecular flexibility index (Phi) is 4.18. The lowest BCUT2D eigenvalue weighted by Gasteiger charge is -2.04. The number of phenolic OH excluding ortho intramolecular Hbond substituents is 1. The monoisotopic (exact) mass is 209 g/mol. The van der Waals surface area contributed by atoms with Gasteiger partial charge in [0.15, 0.2) is 0 Å². The fraction of sp³-hybridized carbons (Fsp3) is 0.143. The Morgan fingerprint density at radius 2 is 1.62 bits per heavy atom. The van der Waals surface area contributed by atoms with Crippen molar-refractivity contribution < 1.29 is 5.11 Å². The SMILES string of the molecule is Cc1cc(Cc2ccccc2)ccc1O.[B]. The van der Waals surface area contributed by atoms with Crippen LogP contribution < -0.4 is 0 Å². The summed E-state index contributed by atoms with van der Waals surface area (Å²) in [4.78, 5) is 0. The fourth-order valence-electron chi connectivity index (χ4n) is 1.66. The van der Waals surface area contributed by atoms with Gasteiger partial charge in [-0.05, 0) is 36.1 Å². The van der Waals surface area contributed by atoms with E-state index in [2.05, 4.69) is 12.1 Å². The molecule has 0 bridgehead atoms. The van der Waals surface area contributed by atoms with Crippen LogP contribution in [0.2, 0.25) is 0 Å². The van der Waals surface area contributed by atoms with Gasteiger partial charge in [0.25, 0.3) is 0 Å². The largest absolute Gasteiger partial charge is 0.508 e. The molecule has 2 rings (SSSR count). The highest BCUT2D eigenvalue weighted by atomic mass is 16.3. The van der Waals surface area contributed by atoms with Crippen LogP contribution in [-0.4, -0.2) is 13.5 Å². The molecule has 0 amide bonds. The van der Waals surface area contributed by atoms with Crippen molar-refractivity contribution in [3.63, 3.8) is 0 Å². The van der Waals surface area contributed by atoms with Crippen molar-refractivity contribution in [1.29, 1.82) is 0 Å². The van der Waals surface area contributed by atoms with Gasteiger partial charge in [-0.25, -0.2) is 0 Å². The summed E-state index contributed by atoms with van der Waals surface area (Å²) in [7, 11) is 0. The third-order valence-corrected chi connectivity index (χ3v) is 2.51. The van der Waals surface area contributed by atoms with E-state index in [0.29, 0.717) is 5.75 Å². The molecule has 79 valence electrons. The van der Waals surface area contributed by atoms with E-state index in [1.807, 2.05) is 37.3 Å². The van der Waals surface area contributed by atoms with Gasteiger partial charge in [-0.1, -0.05) is 42.5 Å². The highest BCUT2D eigenvalue weighted by Crippen LogP contribution is 2.18. The number of aromatic hydroxyl groups is 1. The molecule has 0 unspecified atom stereocenters. The zero-order valence-electron chi connectivity index (χ0n) is 9.35. The summed E-state index contributed by atoms with van der Waals surface area (Å²) >= 11 is 0. The lowest BCUT2D eigenvalue weighted by Crippen LogP contribution is -1.88. The maximum atomic E-state index is 9.41. The molecule has 0 saturated carbocycles. The molecule has 0 aromatic heterocycles. The Labute approximate surface area is 98.3 Å². The normalized spacial score (nSPS) is 9.56. The Hall–Kier alpha value is -1.70. The van der Waals surface area contributed by atoms with Crippen molar-refractivity contribution >= 4 is 8.41 Å². The second-order valence-corrected chi connectivity index (χ2v) is 3.78. The van der Waals surface area contributed by atoms with Crippen LogP contribution in [0.15, 0.2) is 48.5 Å². The van der Waals surface area contributed by atoms with E-state index in [4.69, 9.17) is 0 Å². The van der Waals surface area contributed by atoms with E-state index < -0.39 is 0 Å². The van der Waals surface area contributed by atoms with Crippen molar-refractivity contribution in [1.82, 2.24) is 0 Å². The fourth-order valence-corrected chi connectivity index (χ4v) is 1.66. The zero-order chi connectivity index (χ0) is 10.7. The molecule has 0 atom stereocenters. The van der Waals surface area contributed by atoms with Gasteiger partial charge in [0.05, 0.1) is 0 Å². The van der Waals surface area contributed by atoms with Crippen LogP contribution in [-0.2, 0) is 6.42 Å². The summed E-state index contributed by atoms with van der Waals surface area (Å²) in [5.41, 5.74) is 3.46. The van der Waals surface area contributed by atoms with E-state index in [9.17, 15) is 5.11 Å². The quantitative estimate of drug-likeness (QED) is 0.754. The molecule has 2 aromatic rings. The molecule has 0 aliphatic rings. The molecule has 0 aliphatic carbocycles. The molecule has 0 saturated heterocycles. The molecule has 0 heterocycles. The highest BCUT2D eigenvalue weighted by molar-refractivity contribution is 5.75. The van der Waals surface area contributed by atoms with E-state index in [1.165, 1.54) is 11.1 Å². The Balaban J connectivity index is 0.00000128. The minimum absolute atomic E-state index is 0.